The fraction of sp³-hybridized carbons (Fsp3) is 0.415. The van der Waals surface area contributed by atoms with Gasteiger partial charge in [-0.3, -0.25) is 28.8 Å². The number of nitrogens with one attached hydrogen (secondary N) is 1. The van der Waals surface area contributed by atoms with Gasteiger partial charge in [-0.15, -0.1) is 0 Å². The number of fused-ring (bicyclic) bond motifs is 4. The van der Waals surface area contributed by atoms with Crippen molar-refractivity contribution in [3.05, 3.63) is 93.0 Å². The summed E-state index contributed by atoms with van der Waals surface area (Å²) >= 11 is 7.37. The van der Waals surface area contributed by atoms with E-state index in [1.807, 2.05) is 0 Å². The predicted molar refractivity (Wildman–Crippen MR) is 219 cm³/mol. The number of aliphatic carboxylic acids is 1. The average Bonchev–Trinajstić information content (AvgIpc) is 3.72. The number of carboxylic acids is 1. The number of pyridine rings is 1. The molecule has 3 atom stereocenters. The molecule has 1 saturated carbocycles. The number of amides is 2. The van der Waals surface area contributed by atoms with Gasteiger partial charge in [-0.05, 0) is 74.0 Å². The van der Waals surface area contributed by atoms with Crippen LogP contribution in [0.25, 0.3) is 22.0 Å². The number of ether oxygens (including phenoxy) is 1. The number of carboxylic acid groups (broad SMARTS) is 1. The van der Waals surface area contributed by atoms with E-state index in [-0.39, 0.29) is 75.5 Å². The van der Waals surface area contributed by atoms with Crippen molar-refractivity contribution in [3.63, 3.8) is 0 Å². The van der Waals surface area contributed by atoms with Crippen LogP contribution in [-0.4, -0.2) is 91.7 Å². The second-order valence-corrected chi connectivity index (χ2v) is 16.8. The van der Waals surface area contributed by atoms with Crippen molar-refractivity contribution in [3.8, 4) is 11.1 Å². The zero-order valence-electron chi connectivity index (χ0n) is 34.7. The van der Waals surface area contributed by atoms with Gasteiger partial charge in [0.15, 0.2) is 11.5 Å². The summed E-state index contributed by atoms with van der Waals surface area (Å²) in [4.78, 5) is 44.5. The third-order valence-corrected chi connectivity index (χ3v) is 12.0. The topological polar surface area (TPSA) is 148 Å². The number of halogens is 11. The molecule has 2 aromatic carbocycles. The minimum atomic E-state index is -5.14. The van der Waals surface area contributed by atoms with Crippen molar-refractivity contribution in [2.45, 2.75) is 69.5 Å². The molecule has 354 valence electrons. The van der Waals surface area contributed by atoms with Crippen LogP contribution >= 0.6 is 23.5 Å². The van der Waals surface area contributed by atoms with E-state index in [4.69, 9.17) is 21.4 Å². The molecule has 0 bridgehead atoms. The Morgan fingerprint density at radius 3 is 2.33 bits per heavy atom. The molecule has 1 fully saturated rings. The summed E-state index contributed by atoms with van der Waals surface area (Å²) in [6, 6.07) is 6.39. The van der Waals surface area contributed by atoms with Crippen LogP contribution in [0.5, 0.6) is 0 Å². The lowest BCUT2D eigenvalue weighted by molar-refractivity contribution is -0.143. The summed E-state index contributed by atoms with van der Waals surface area (Å²) < 4.78 is 153. The van der Waals surface area contributed by atoms with Gasteiger partial charge < -0.3 is 15.2 Å². The lowest BCUT2D eigenvalue weighted by Crippen LogP contribution is -2.35. The summed E-state index contributed by atoms with van der Waals surface area (Å²) in [6.45, 7) is -1.99. The summed E-state index contributed by atoms with van der Waals surface area (Å²) in [5.74, 6) is -11.1. The van der Waals surface area contributed by atoms with E-state index in [0.29, 0.717) is 28.4 Å². The van der Waals surface area contributed by atoms with Crippen molar-refractivity contribution in [2.24, 2.45) is 5.92 Å². The monoisotopic (exact) mass is 978 g/mol. The molecule has 2 aliphatic rings. The maximum absolute atomic E-state index is 15.5. The van der Waals surface area contributed by atoms with Crippen LogP contribution in [0.15, 0.2) is 42.5 Å². The number of carbonyl (C=O) groups excluding carboxylic acids is 2. The van der Waals surface area contributed by atoms with Crippen molar-refractivity contribution < 1.29 is 68.1 Å². The Bertz CT molecular complexity index is 2690. The quantitative estimate of drug-likeness (QED) is 0.0726. The molecule has 2 aliphatic carbocycles. The Balaban J connectivity index is 1.35. The summed E-state index contributed by atoms with van der Waals surface area (Å²) in [7, 11) is 1.45. The van der Waals surface area contributed by atoms with Gasteiger partial charge in [-0.2, -0.15) is 49.6 Å². The molecule has 25 heteroatoms. The average molecular weight is 979 g/mol. The maximum Gasteiger partial charge on any atom is 0.435 e. The molecule has 3 aromatic heterocycles. The third kappa shape index (κ3) is 9.89. The number of aryl methyl sites for hydroxylation is 1. The van der Waals surface area contributed by atoms with E-state index < -0.39 is 108 Å². The highest BCUT2D eigenvalue weighted by Gasteiger charge is 2.68. The number of hydrogen-bond acceptors (Lipinski definition) is 9. The standard InChI is InChI=1S/C41H37ClF10N8O5S/c1-4-22-5-6-23(24-7-8-27(42)32-34(24)59(18-39(45,46)47)56-37(32)60(66-3)38(64)65-10-9-57(2)17-30(62)63)33(53-22)28(13-19-11-20(43)14-21(44)12-19)54-29(61)16-58-36-31(35(55-58)41(50,51)52)25-15-26(25)40(36,48)49/h5-8,11-12,14,25-26,28H,4,9-10,13,15-18H2,1-3H3,(H,54,61)(H,62,63)/t25-,26+,28-/m0/s1. The first-order valence-corrected chi connectivity index (χ1v) is 21.5. The van der Waals surface area contributed by atoms with E-state index in [0.717, 1.165) is 16.4 Å². The molecule has 0 saturated heterocycles. The number of aromatic nitrogens is 5. The Labute approximate surface area is 377 Å². The first-order chi connectivity index (χ1) is 30.9. The van der Waals surface area contributed by atoms with Crippen molar-refractivity contribution >= 4 is 58.2 Å². The molecule has 7 rings (SSSR count). The summed E-state index contributed by atoms with van der Waals surface area (Å²) in [5, 5.41) is 18.8. The van der Waals surface area contributed by atoms with Gasteiger partial charge in [0, 0.05) is 47.2 Å². The molecule has 0 unspecified atom stereocenters. The van der Waals surface area contributed by atoms with Crippen molar-refractivity contribution in [2.75, 3.05) is 37.3 Å². The number of rotatable bonds is 16. The van der Waals surface area contributed by atoms with Crippen LogP contribution in [0.1, 0.15) is 59.2 Å². The van der Waals surface area contributed by atoms with Crippen LogP contribution in [0.3, 0.4) is 0 Å². The minimum Gasteiger partial charge on any atom is -0.480 e. The largest absolute Gasteiger partial charge is 0.480 e. The maximum atomic E-state index is 15.5. The fourth-order valence-corrected chi connectivity index (χ4v) is 8.91. The van der Waals surface area contributed by atoms with Gasteiger partial charge >= 0.3 is 24.4 Å². The number of benzene rings is 2. The van der Waals surface area contributed by atoms with Crippen LogP contribution in [0.4, 0.5) is 54.5 Å². The predicted octanol–water partition coefficient (Wildman–Crippen LogP) is 8.92. The second kappa shape index (κ2) is 18.2. The number of carbonyl (C=O) groups is 3. The van der Waals surface area contributed by atoms with E-state index in [2.05, 4.69) is 20.5 Å². The highest BCUT2D eigenvalue weighted by Crippen LogP contribution is 2.68. The highest BCUT2D eigenvalue weighted by atomic mass is 35.5. The molecule has 2 amide bonds. The Morgan fingerprint density at radius 2 is 1.71 bits per heavy atom. The normalized spacial score (nSPS) is 16.9. The molecule has 5 aromatic rings. The molecule has 2 N–H and O–H groups in total. The molecular formula is C41H37ClF10N8O5S. The lowest BCUT2D eigenvalue weighted by atomic mass is 9.93. The summed E-state index contributed by atoms with van der Waals surface area (Å²) in [5.41, 5.74) is -3.62. The number of likely N-dealkylation sites (N-methyl/N-ethyl adjacent to an activating group) is 1. The molecule has 0 spiro atoms. The molecule has 66 heavy (non-hydrogen) atoms. The molecule has 3 heterocycles. The number of nitrogens with zero attached hydrogens (tertiary/aromatic N) is 7. The molecule has 0 radical (unpaired) electrons. The van der Waals surface area contributed by atoms with Gasteiger partial charge in [0.25, 0.3) is 5.92 Å². The van der Waals surface area contributed by atoms with Gasteiger partial charge in [0.05, 0.1) is 34.2 Å². The smallest absolute Gasteiger partial charge is 0.435 e. The Kier molecular flexibility index (Phi) is 13.3. The van der Waals surface area contributed by atoms with Crippen LogP contribution in [0.2, 0.25) is 5.02 Å². The third-order valence-electron chi connectivity index (χ3n) is 11.0. The molecule has 0 aliphatic heterocycles. The molecular weight excluding hydrogens is 942 g/mol. The molecule has 13 nitrogen and oxygen atoms in total. The SMILES string of the molecule is CCc1ccc(-c2ccc(Cl)c3c(N(SC)C(=O)OCCN(C)CC(=O)O)nn(CC(F)(F)F)c23)c([C@H](Cc2cc(F)cc(F)c2)NC(=O)Cn2nc(C(F)(F)F)c3c2C(F)(F)[C@@H]2C[C@H]32)n1. The zero-order chi connectivity index (χ0) is 48.2. The van der Waals surface area contributed by atoms with Crippen molar-refractivity contribution in [1.82, 2.24) is 34.8 Å². The van der Waals surface area contributed by atoms with Crippen LogP contribution in [-0.2, 0) is 52.4 Å². The van der Waals surface area contributed by atoms with Gasteiger partial charge in [0.1, 0.15) is 37.0 Å². The first kappa shape index (κ1) is 48.3. The first-order valence-electron chi connectivity index (χ1n) is 19.9. The summed E-state index contributed by atoms with van der Waals surface area (Å²) in [6.07, 6.45) is -10.3. The zero-order valence-corrected chi connectivity index (χ0v) is 36.3. The van der Waals surface area contributed by atoms with Crippen molar-refractivity contribution in [1.29, 1.82) is 0 Å². The lowest BCUT2D eigenvalue weighted by Gasteiger charge is -2.24. The number of alkyl halides is 8. The number of anilines is 1. The van der Waals surface area contributed by atoms with Crippen LogP contribution < -0.4 is 9.62 Å². The Hall–Kier alpha value is -5.62. The minimum absolute atomic E-state index is 0.0170. The van der Waals surface area contributed by atoms with Gasteiger partial charge in [-0.1, -0.05) is 30.7 Å². The van der Waals surface area contributed by atoms with E-state index in [1.54, 1.807) is 6.92 Å². The fourth-order valence-electron chi connectivity index (χ4n) is 8.17. The Morgan fingerprint density at radius 1 is 1.03 bits per heavy atom. The van der Waals surface area contributed by atoms with E-state index >= 15 is 8.78 Å². The van der Waals surface area contributed by atoms with E-state index in [9.17, 15) is 49.5 Å². The number of hydrogen-bond donors (Lipinski definition) is 2. The second-order valence-electron chi connectivity index (χ2n) is 15.7. The van der Waals surface area contributed by atoms with Gasteiger partial charge in [0.2, 0.25) is 5.91 Å². The van der Waals surface area contributed by atoms with Crippen LogP contribution in [0, 0.1) is 17.6 Å². The van der Waals surface area contributed by atoms with E-state index in [1.165, 1.54) is 42.5 Å². The van der Waals surface area contributed by atoms with Gasteiger partial charge in [-0.25, -0.2) is 13.6 Å². The highest BCUT2D eigenvalue weighted by molar-refractivity contribution is 8.00.